The molecule has 2 amide bonds. The molecule has 1 saturated heterocycles. The fourth-order valence-corrected chi connectivity index (χ4v) is 5.27. The summed E-state index contributed by atoms with van der Waals surface area (Å²) in [4.78, 5) is 43.1. The number of nitrogens with zero attached hydrogens (tertiary/aromatic N) is 2. The Morgan fingerprint density at radius 3 is 1.95 bits per heavy atom. The number of hydrogen-bond acceptors (Lipinski definition) is 4. The lowest BCUT2D eigenvalue weighted by Crippen LogP contribution is -2.45. The lowest BCUT2D eigenvalue weighted by molar-refractivity contribution is -0.151. The summed E-state index contributed by atoms with van der Waals surface area (Å²) in [5.41, 5.74) is 2.93. The summed E-state index contributed by atoms with van der Waals surface area (Å²) in [5, 5.41) is 0. The molecular weight excluding hydrogens is 464 g/mol. The van der Waals surface area contributed by atoms with Crippen LogP contribution in [0.5, 0.6) is 0 Å². The van der Waals surface area contributed by atoms with Gasteiger partial charge in [0.25, 0.3) is 0 Å². The molecule has 0 N–H and O–H groups in total. The number of benzene rings is 3. The number of rotatable bonds is 9. The molecule has 192 valence electrons. The highest BCUT2D eigenvalue weighted by Crippen LogP contribution is 2.32. The molecule has 0 saturated carbocycles. The van der Waals surface area contributed by atoms with Crippen LogP contribution in [0.4, 0.5) is 0 Å². The van der Waals surface area contributed by atoms with E-state index in [1.165, 1.54) is 12.7 Å². The number of hydrogen-bond donors (Lipinski definition) is 0. The largest absolute Gasteiger partial charge is 0.467 e. The van der Waals surface area contributed by atoms with Gasteiger partial charge in [0, 0.05) is 26.4 Å². The maximum Gasteiger partial charge on any atom is 0.328 e. The van der Waals surface area contributed by atoms with Gasteiger partial charge in [-0.05, 0) is 29.5 Å². The van der Waals surface area contributed by atoms with Crippen LogP contribution in [0.25, 0.3) is 0 Å². The minimum Gasteiger partial charge on any atom is -0.467 e. The van der Waals surface area contributed by atoms with Crippen LogP contribution in [-0.2, 0) is 25.5 Å². The SMILES string of the molecule is COC(=O)[C@@H]1C[C@H](N(CCCc2ccccc2)C(C)=O)CN1C(=O)C(c1ccccc1)c1ccccc1. The van der Waals surface area contributed by atoms with Crippen molar-refractivity contribution in [3.05, 3.63) is 108 Å². The van der Waals surface area contributed by atoms with Gasteiger partial charge in [-0.2, -0.15) is 0 Å². The van der Waals surface area contributed by atoms with Gasteiger partial charge < -0.3 is 14.5 Å². The Balaban J connectivity index is 1.57. The molecule has 1 aliphatic heterocycles. The summed E-state index contributed by atoms with van der Waals surface area (Å²) < 4.78 is 5.10. The van der Waals surface area contributed by atoms with E-state index in [9.17, 15) is 14.4 Å². The van der Waals surface area contributed by atoms with Crippen LogP contribution in [0.2, 0.25) is 0 Å². The van der Waals surface area contributed by atoms with Gasteiger partial charge in [-0.3, -0.25) is 9.59 Å². The monoisotopic (exact) mass is 498 g/mol. The maximum atomic E-state index is 14.1. The van der Waals surface area contributed by atoms with Crippen LogP contribution in [0.1, 0.15) is 42.4 Å². The Morgan fingerprint density at radius 2 is 1.43 bits per heavy atom. The van der Waals surface area contributed by atoms with Crippen LogP contribution in [0.15, 0.2) is 91.0 Å². The Bertz CT molecular complexity index is 1140. The highest BCUT2D eigenvalue weighted by Gasteiger charge is 2.45. The van der Waals surface area contributed by atoms with Gasteiger partial charge in [-0.15, -0.1) is 0 Å². The van der Waals surface area contributed by atoms with Gasteiger partial charge >= 0.3 is 5.97 Å². The Morgan fingerprint density at radius 1 is 0.892 bits per heavy atom. The van der Waals surface area contributed by atoms with Gasteiger partial charge in [0.05, 0.1) is 19.1 Å². The molecule has 0 aliphatic carbocycles. The van der Waals surface area contributed by atoms with E-state index in [0.29, 0.717) is 19.5 Å². The van der Waals surface area contributed by atoms with E-state index in [1.54, 1.807) is 11.8 Å². The first-order valence-electron chi connectivity index (χ1n) is 12.8. The van der Waals surface area contributed by atoms with Crippen molar-refractivity contribution in [1.82, 2.24) is 9.80 Å². The highest BCUT2D eigenvalue weighted by atomic mass is 16.5. The smallest absolute Gasteiger partial charge is 0.328 e. The van der Waals surface area contributed by atoms with Crippen molar-refractivity contribution in [3.63, 3.8) is 0 Å². The van der Waals surface area contributed by atoms with Crippen LogP contribution in [0.3, 0.4) is 0 Å². The number of amides is 2. The number of methoxy groups -OCH3 is 1. The van der Waals surface area contributed by atoms with Crippen molar-refractivity contribution in [2.75, 3.05) is 20.2 Å². The van der Waals surface area contributed by atoms with Crippen LogP contribution in [-0.4, -0.2) is 59.9 Å². The van der Waals surface area contributed by atoms with Crippen molar-refractivity contribution in [3.8, 4) is 0 Å². The summed E-state index contributed by atoms with van der Waals surface area (Å²) in [6.07, 6.45) is 2.01. The molecule has 37 heavy (non-hydrogen) atoms. The molecule has 2 atom stereocenters. The van der Waals surface area contributed by atoms with E-state index in [4.69, 9.17) is 4.74 Å². The van der Waals surface area contributed by atoms with Crippen molar-refractivity contribution in [2.45, 2.75) is 44.2 Å². The number of carbonyl (C=O) groups excluding carboxylic acids is 3. The molecule has 1 fully saturated rings. The minimum absolute atomic E-state index is 0.0568. The summed E-state index contributed by atoms with van der Waals surface area (Å²) in [5.74, 6) is -1.23. The first-order valence-corrected chi connectivity index (χ1v) is 12.8. The zero-order chi connectivity index (χ0) is 26.2. The first-order chi connectivity index (χ1) is 18.0. The Kier molecular flexibility index (Phi) is 8.72. The number of aryl methyl sites for hydroxylation is 1. The maximum absolute atomic E-state index is 14.1. The predicted octanol–water partition coefficient (Wildman–Crippen LogP) is 4.44. The standard InChI is InChI=1S/C31H34N2O4/c1-23(34)32(20-12-15-24-13-6-3-7-14-24)27-21-28(31(36)37-2)33(22-27)30(35)29(25-16-8-4-9-17-25)26-18-10-5-11-19-26/h3-11,13-14,16-19,27-29H,12,15,20-22H2,1-2H3/t27-,28-/m0/s1. The van der Waals surface area contributed by atoms with E-state index < -0.39 is 17.9 Å². The molecule has 3 aromatic rings. The second-order valence-corrected chi connectivity index (χ2v) is 9.48. The van der Waals surface area contributed by atoms with E-state index in [1.807, 2.05) is 83.8 Å². The lowest BCUT2D eigenvalue weighted by Gasteiger charge is -2.30. The van der Waals surface area contributed by atoms with Crippen molar-refractivity contribution < 1.29 is 19.1 Å². The van der Waals surface area contributed by atoms with Gasteiger partial charge in [-0.25, -0.2) is 4.79 Å². The molecule has 3 aromatic carbocycles. The summed E-state index contributed by atoms with van der Waals surface area (Å²) in [6, 6.07) is 28.4. The quantitative estimate of drug-likeness (QED) is 0.409. The minimum atomic E-state index is -0.742. The lowest BCUT2D eigenvalue weighted by atomic mass is 9.90. The fraction of sp³-hybridized carbons (Fsp3) is 0.323. The molecule has 0 aromatic heterocycles. The summed E-state index contributed by atoms with van der Waals surface area (Å²) >= 11 is 0. The number of ether oxygens (including phenoxy) is 1. The van der Waals surface area contributed by atoms with Gasteiger partial charge in [0.1, 0.15) is 6.04 Å². The molecule has 6 heteroatoms. The van der Waals surface area contributed by atoms with Crippen molar-refractivity contribution in [2.24, 2.45) is 0 Å². The number of likely N-dealkylation sites (tertiary alicyclic amines) is 1. The topological polar surface area (TPSA) is 66.9 Å². The second kappa shape index (κ2) is 12.3. The van der Waals surface area contributed by atoms with Crippen LogP contribution in [0, 0.1) is 0 Å². The van der Waals surface area contributed by atoms with Crippen LogP contribution >= 0.6 is 0 Å². The van der Waals surface area contributed by atoms with E-state index in [0.717, 1.165) is 24.0 Å². The van der Waals surface area contributed by atoms with E-state index in [2.05, 4.69) is 12.1 Å². The summed E-state index contributed by atoms with van der Waals surface area (Å²) in [6.45, 7) is 2.40. The average Bonchev–Trinajstić information content (AvgIpc) is 3.37. The normalized spacial score (nSPS) is 17.0. The third-order valence-electron chi connectivity index (χ3n) is 7.10. The van der Waals surface area contributed by atoms with Crippen molar-refractivity contribution in [1.29, 1.82) is 0 Å². The van der Waals surface area contributed by atoms with Gasteiger partial charge in [-0.1, -0.05) is 91.0 Å². The Labute approximate surface area is 218 Å². The molecule has 0 bridgehead atoms. The van der Waals surface area contributed by atoms with E-state index in [-0.39, 0.29) is 17.9 Å². The molecule has 0 radical (unpaired) electrons. The van der Waals surface area contributed by atoms with E-state index >= 15 is 0 Å². The van der Waals surface area contributed by atoms with Crippen LogP contribution < -0.4 is 0 Å². The molecule has 0 unspecified atom stereocenters. The third kappa shape index (κ3) is 6.26. The Hall–Kier alpha value is -3.93. The molecule has 1 heterocycles. The first kappa shape index (κ1) is 26.1. The molecule has 4 rings (SSSR count). The number of esters is 1. The van der Waals surface area contributed by atoms with Crippen molar-refractivity contribution >= 4 is 17.8 Å². The molecule has 6 nitrogen and oxygen atoms in total. The highest BCUT2D eigenvalue weighted by molar-refractivity contribution is 5.92. The molecule has 0 spiro atoms. The molecule has 1 aliphatic rings. The second-order valence-electron chi connectivity index (χ2n) is 9.48. The zero-order valence-corrected chi connectivity index (χ0v) is 21.5. The fourth-order valence-electron chi connectivity index (χ4n) is 5.27. The third-order valence-corrected chi connectivity index (χ3v) is 7.10. The number of carbonyl (C=O) groups is 3. The zero-order valence-electron chi connectivity index (χ0n) is 21.5. The van der Waals surface area contributed by atoms with Gasteiger partial charge in [0.2, 0.25) is 11.8 Å². The summed E-state index contributed by atoms with van der Waals surface area (Å²) in [7, 11) is 1.34. The average molecular weight is 499 g/mol. The molecular formula is C31H34N2O4. The van der Waals surface area contributed by atoms with Gasteiger partial charge in [0.15, 0.2) is 0 Å². The predicted molar refractivity (Wildman–Crippen MR) is 143 cm³/mol.